The van der Waals surface area contributed by atoms with Crippen molar-refractivity contribution in [1.82, 2.24) is 24.8 Å². The fraction of sp³-hybridized carbons (Fsp3) is 0.550. The van der Waals surface area contributed by atoms with Crippen molar-refractivity contribution in [2.45, 2.75) is 32.6 Å². The zero-order valence-corrected chi connectivity index (χ0v) is 16.5. The highest BCUT2D eigenvalue weighted by Crippen LogP contribution is 2.28. The number of carbonyl (C=O) groups excluding carboxylic acids is 1. The summed E-state index contributed by atoms with van der Waals surface area (Å²) in [6, 6.07) is 2.09. The molecule has 0 aliphatic carbocycles. The van der Waals surface area contributed by atoms with Crippen molar-refractivity contribution in [3.8, 4) is 0 Å². The second-order valence-corrected chi connectivity index (χ2v) is 7.41. The molecular weight excluding hydrogens is 356 g/mol. The van der Waals surface area contributed by atoms with Crippen molar-refractivity contribution >= 4 is 11.7 Å². The van der Waals surface area contributed by atoms with Gasteiger partial charge in [-0.1, -0.05) is 0 Å². The van der Waals surface area contributed by atoms with Crippen LogP contribution in [0.15, 0.2) is 18.5 Å². The fourth-order valence-corrected chi connectivity index (χ4v) is 3.83. The summed E-state index contributed by atoms with van der Waals surface area (Å²) < 4.78 is 5.45. The molecule has 2 aliphatic heterocycles. The molecular formula is C20H26N6O2. The SMILES string of the molecule is Cc1ncc(C(=O)N2CCCC(c3cc(N4CCOCC4)nc(C)n3)C2)cn1. The van der Waals surface area contributed by atoms with Gasteiger partial charge in [0.1, 0.15) is 17.5 Å². The number of ether oxygens (including phenoxy) is 1. The average Bonchev–Trinajstić information content (AvgIpc) is 2.74. The van der Waals surface area contributed by atoms with Gasteiger partial charge in [-0.3, -0.25) is 4.79 Å². The van der Waals surface area contributed by atoms with Gasteiger partial charge in [-0.25, -0.2) is 19.9 Å². The number of piperidine rings is 1. The Kier molecular flexibility index (Phi) is 5.47. The van der Waals surface area contributed by atoms with Gasteiger partial charge in [0.05, 0.1) is 24.5 Å². The number of hydrogen-bond donors (Lipinski definition) is 0. The van der Waals surface area contributed by atoms with Crippen LogP contribution >= 0.6 is 0 Å². The Hall–Kier alpha value is -2.61. The van der Waals surface area contributed by atoms with Crippen LogP contribution in [-0.2, 0) is 4.74 Å². The summed E-state index contributed by atoms with van der Waals surface area (Å²) >= 11 is 0. The van der Waals surface area contributed by atoms with Crippen LogP contribution < -0.4 is 4.90 Å². The molecule has 2 aliphatic rings. The molecule has 2 saturated heterocycles. The monoisotopic (exact) mass is 382 g/mol. The van der Waals surface area contributed by atoms with Crippen molar-refractivity contribution in [3.05, 3.63) is 41.4 Å². The number of amides is 1. The Morgan fingerprint density at radius 3 is 2.57 bits per heavy atom. The van der Waals surface area contributed by atoms with Crippen LogP contribution in [0.3, 0.4) is 0 Å². The van der Waals surface area contributed by atoms with Crippen LogP contribution in [0.1, 0.15) is 46.5 Å². The predicted octanol–water partition coefficient (Wildman–Crippen LogP) is 1.74. The first kappa shape index (κ1) is 18.7. The lowest BCUT2D eigenvalue weighted by molar-refractivity contribution is 0.0705. The van der Waals surface area contributed by atoms with Gasteiger partial charge in [0.15, 0.2) is 0 Å². The number of anilines is 1. The third-order valence-electron chi connectivity index (χ3n) is 5.33. The molecule has 2 fully saturated rings. The minimum atomic E-state index is -0.0103. The number of hydrogen-bond acceptors (Lipinski definition) is 7. The normalized spacial score (nSPS) is 20.3. The van der Waals surface area contributed by atoms with E-state index in [9.17, 15) is 4.79 Å². The Morgan fingerprint density at radius 2 is 1.82 bits per heavy atom. The van der Waals surface area contributed by atoms with Crippen molar-refractivity contribution in [1.29, 1.82) is 0 Å². The van der Waals surface area contributed by atoms with E-state index in [0.29, 0.717) is 17.9 Å². The average molecular weight is 382 g/mol. The lowest BCUT2D eigenvalue weighted by Gasteiger charge is -2.33. The minimum absolute atomic E-state index is 0.0103. The number of morpholine rings is 1. The van der Waals surface area contributed by atoms with E-state index in [-0.39, 0.29) is 11.8 Å². The van der Waals surface area contributed by atoms with E-state index < -0.39 is 0 Å². The summed E-state index contributed by atoms with van der Waals surface area (Å²) in [5.41, 5.74) is 1.56. The number of nitrogens with zero attached hydrogens (tertiary/aromatic N) is 6. The van der Waals surface area contributed by atoms with E-state index in [0.717, 1.165) is 63.0 Å². The molecule has 0 spiro atoms. The molecule has 8 heteroatoms. The van der Waals surface area contributed by atoms with Crippen molar-refractivity contribution < 1.29 is 9.53 Å². The molecule has 0 saturated carbocycles. The minimum Gasteiger partial charge on any atom is -0.378 e. The Morgan fingerprint density at radius 1 is 1.07 bits per heavy atom. The second kappa shape index (κ2) is 8.18. The first-order chi connectivity index (χ1) is 13.6. The van der Waals surface area contributed by atoms with Gasteiger partial charge in [0, 0.05) is 50.6 Å². The van der Waals surface area contributed by atoms with Crippen LogP contribution in [0.2, 0.25) is 0 Å². The molecule has 4 rings (SSSR count). The smallest absolute Gasteiger partial charge is 0.257 e. The van der Waals surface area contributed by atoms with Gasteiger partial charge in [-0.05, 0) is 26.7 Å². The van der Waals surface area contributed by atoms with Gasteiger partial charge in [0.25, 0.3) is 5.91 Å². The molecule has 1 amide bonds. The molecule has 148 valence electrons. The summed E-state index contributed by atoms with van der Waals surface area (Å²) in [6.07, 6.45) is 5.20. The number of aryl methyl sites for hydroxylation is 2. The van der Waals surface area contributed by atoms with E-state index in [1.807, 2.05) is 18.7 Å². The third kappa shape index (κ3) is 4.11. The summed E-state index contributed by atoms with van der Waals surface area (Å²) in [5, 5.41) is 0. The maximum absolute atomic E-state index is 12.9. The molecule has 2 aromatic rings. The molecule has 1 atom stereocenters. The number of aromatic nitrogens is 4. The highest BCUT2D eigenvalue weighted by molar-refractivity contribution is 5.93. The lowest BCUT2D eigenvalue weighted by atomic mass is 9.94. The van der Waals surface area contributed by atoms with Gasteiger partial charge in [0.2, 0.25) is 0 Å². The fourth-order valence-electron chi connectivity index (χ4n) is 3.83. The van der Waals surface area contributed by atoms with Gasteiger partial charge < -0.3 is 14.5 Å². The Bertz CT molecular complexity index is 835. The van der Waals surface area contributed by atoms with E-state index in [4.69, 9.17) is 9.72 Å². The summed E-state index contributed by atoms with van der Waals surface area (Å²) in [4.78, 5) is 34.6. The van der Waals surface area contributed by atoms with E-state index in [1.54, 1.807) is 12.4 Å². The molecule has 1 unspecified atom stereocenters. The zero-order valence-electron chi connectivity index (χ0n) is 16.5. The van der Waals surface area contributed by atoms with Gasteiger partial charge in [-0.15, -0.1) is 0 Å². The maximum Gasteiger partial charge on any atom is 0.257 e. The standard InChI is InChI=1S/C20H26N6O2/c1-14-21-11-17(12-22-14)20(27)26-5-3-4-16(13-26)18-10-19(24-15(2)23-18)25-6-8-28-9-7-25/h10-12,16H,3-9,13H2,1-2H3. The molecule has 0 aromatic carbocycles. The maximum atomic E-state index is 12.9. The summed E-state index contributed by atoms with van der Waals surface area (Å²) in [5.74, 6) is 2.60. The number of rotatable bonds is 3. The first-order valence-electron chi connectivity index (χ1n) is 9.86. The van der Waals surface area contributed by atoms with Crippen molar-refractivity contribution in [2.24, 2.45) is 0 Å². The van der Waals surface area contributed by atoms with E-state index in [1.165, 1.54) is 0 Å². The van der Waals surface area contributed by atoms with Crippen molar-refractivity contribution in [3.63, 3.8) is 0 Å². The molecule has 0 bridgehead atoms. The predicted molar refractivity (Wildman–Crippen MR) is 104 cm³/mol. The largest absolute Gasteiger partial charge is 0.378 e. The molecule has 0 radical (unpaired) electrons. The number of carbonyl (C=O) groups is 1. The number of likely N-dealkylation sites (tertiary alicyclic amines) is 1. The van der Waals surface area contributed by atoms with Gasteiger partial charge >= 0.3 is 0 Å². The first-order valence-corrected chi connectivity index (χ1v) is 9.86. The topological polar surface area (TPSA) is 84.3 Å². The highest BCUT2D eigenvalue weighted by Gasteiger charge is 2.27. The van der Waals surface area contributed by atoms with Crippen molar-refractivity contribution in [2.75, 3.05) is 44.3 Å². The second-order valence-electron chi connectivity index (χ2n) is 7.41. The third-order valence-corrected chi connectivity index (χ3v) is 5.33. The highest BCUT2D eigenvalue weighted by atomic mass is 16.5. The molecule has 0 N–H and O–H groups in total. The van der Waals surface area contributed by atoms with Crippen LogP contribution in [0.4, 0.5) is 5.82 Å². The van der Waals surface area contributed by atoms with Crippen LogP contribution in [0.5, 0.6) is 0 Å². The summed E-state index contributed by atoms with van der Waals surface area (Å²) in [6.45, 7) is 8.30. The Labute approximate surface area is 165 Å². The van der Waals surface area contributed by atoms with E-state index in [2.05, 4.69) is 25.9 Å². The van der Waals surface area contributed by atoms with E-state index >= 15 is 0 Å². The van der Waals surface area contributed by atoms with Crippen LogP contribution in [-0.4, -0.2) is 70.1 Å². The molecule has 2 aromatic heterocycles. The van der Waals surface area contributed by atoms with Gasteiger partial charge in [-0.2, -0.15) is 0 Å². The quantitative estimate of drug-likeness (QED) is 0.799. The van der Waals surface area contributed by atoms with Crippen LogP contribution in [0.25, 0.3) is 0 Å². The molecule has 8 nitrogen and oxygen atoms in total. The summed E-state index contributed by atoms with van der Waals surface area (Å²) in [7, 11) is 0. The van der Waals surface area contributed by atoms with Crippen LogP contribution in [0, 0.1) is 13.8 Å². The molecule has 4 heterocycles. The molecule has 28 heavy (non-hydrogen) atoms. The lowest BCUT2D eigenvalue weighted by Crippen LogP contribution is -2.40. The Balaban J connectivity index is 1.51. The zero-order chi connectivity index (χ0) is 19.5.